The number of carboxylic acid groups (broad SMARTS) is 1. The summed E-state index contributed by atoms with van der Waals surface area (Å²) in [5, 5.41) is 9.42. The van der Waals surface area contributed by atoms with Gasteiger partial charge < -0.3 is 9.84 Å². The number of hydrogen-bond acceptors (Lipinski definition) is 4. The third kappa shape index (κ3) is 3.84. The molecule has 3 heterocycles. The lowest BCUT2D eigenvalue weighted by Crippen LogP contribution is -2.31. The van der Waals surface area contributed by atoms with E-state index in [1.54, 1.807) is 6.07 Å². The third-order valence-corrected chi connectivity index (χ3v) is 6.13. The van der Waals surface area contributed by atoms with Gasteiger partial charge >= 0.3 is 5.97 Å². The highest BCUT2D eigenvalue weighted by Crippen LogP contribution is 2.40. The number of ether oxygens (including phenoxy) is 1. The van der Waals surface area contributed by atoms with Gasteiger partial charge in [0, 0.05) is 31.4 Å². The molecular weight excluding hydrogens is 388 g/mol. The number of carboxylic acids is 1. The second-order valence-electron chi connectivity index (χ2n) is 8.01. The van der Waals surface area contributed by atoms with E-state index in [9.17, 15) is 9.90 Å². The molecule has 2 aliphatic rings. The van der Waals surface area contributed by atoms with Crippen LogP contribution in [0.3, 0.4) is 0 Å². The number of hydrogen-bond donors (Lipinski definition) is 1. The van der Waals surface area contributed by atoms with Crippen molar-refractivity contribution in [3.8, 4) is 5.75 Å². The van der Waals surface area contributed by atoms with Crippen molar-refractivity contribution >= 4 is 11.5 Å². The van der Waals surface area contributed by atoms with E-state index < -0.39 is 5.97 Å². The zero-order valence-electron chi connectivity index (χ0n) is 17.3. The molecule has 3 aromatic rings. The molecule has 5 heteroatoms. The van der Waals surface area contributed by atoms with Crippen molar-refractivity contribution in [1.82, 2.24) is 9.88 Å². The molecule has 2 aliphatic heterocycles. The maximum atomic E-state index is 11.5. The zero-order valence-corrected chi connectivity index (χ0v) is 17.3. The van der Waals surface area contributed by atoms with E-state index in [0.717, 1.165) is 42.8 Å². The van der Waals surface area contributed by atoms with E-state index in [1.165, 1.54) is 28.5 Å². The quantitative estimate of drug-likeness (QED) is 0.671. The van der Waals surface area contributed by atoms with E-state index in [2.05, 4.69) is 46.3 Å². The smallest absolute Gasteiger partial charge is 0.354 e. The molecule has 0 saturated carbocycles. The topological polar surface area (TPSA) is 62.7 Å². The first-order chi connectivity index (χ1) is 15.2. The van der Waals surface area contributed by atoms with Crippen LogP contribution in [0.4, 0.5) is 0 Å². The van der Waals surface area contributed by atoms with E-state index in [0.29, 0.717) is 13.2 Å². The summed E-state index contributed by atoms with van der Waals surface area (Å²) in [7, 11) is 0. The Kier molecular flexibility index (Phi) is 5.26. The molecule has 0 bridgehead atoms. The van der Waals surface area contributed by atoms with Gasteiger partial charge in [0.1, 0.15) is 12.4 Å². The number of para-hydroxylation sites is 1. The number of piperidine rings is 1. The molecule has 1 fully saturated rings. The van der Waals surface area contributed by atoms with Crippen LogP contribution in [0, 0.1) is 0 Å². The number of rotatable bonds is 3. The van der Waals surface area contributed by atoms with Crippen LogP contribution < -0.4 is 4.74 Å². The number of aromatic carboxylic acids is 1. The van der Waals surface area contributed by atoms with Gasteiger partial charge in [-0.25, -0.2) is 9.78 Å². The van der Waals surface area contributed by atoms with Gasteiger partial charge in [-0.15, -0.1) is 0 Å². The highest BCUT2D eigenvalue weighted by Gasteiger charge is 2.25. The number of pyridine rings is 1. The first kappa shape index (κ1) is 19.5. The summed E-state index contributed by atoms with van der Waals surface area (Å²) in [5.74, 6) is -0.0350. The van der Waals surface area contributed by atoms with Crippen molar-refractivity contribution in [2.45, 2.75) is 26.0 Å². The Bertz CT molecular complexity index is 1110. The van der Waals surface area contributed by atoms with Gasteiger partial charge in [0.25, 0.3) is 0 Å². The molecule has 0 unspecified atom stereocenters. The molecule has 1 aromatic heterocycles. The molecular formula is C26H24N2O3. The second kappa shape index (κ2) is 8.36. The number of benzene rings is 2. The third-order valence-electron chi connectivity index (χ3n) is 6.13. The average Bonchev–Trinajstić information content (AvgIpc) is 2.97. The lowest BCUT2D eigenvalue weighted by Gasteiger charge is -2.30. The molecule has 156 valence electrons. The number of fused-ring (bicyclic) bond motifs is 2. The maximum Gasteiger partial charge on any atom is 0.354 e. The van der Waals surface area contributed by atoms with Gasteiger partial charge in [-0.1, -0.05) is 54.1 Å². The number of aromatic nitrogens is 1. The minimum Gasteiger partial charge on any atom is -0.488 e. The molecule has 1 saturated heterocycles. The Balaban J connectivity index is 1.45. The normalized spacial score (nSPS) is 16.1. The largest absolute Gasteiger partial charge is 0.488 e. The first-order valence-electron chi connectivity index (χ1n) is 10.6. The Hall–Kier alpha value is -3.44. The summed E-state index contributed by atoms with van der Waals surface area (Å²) in [4.78, 5) is 17.8. The van der Waals surface area contributed by atoms with Crippen LogP contribution in [0.5, 0.6) is 5.75 Å². The Labute approximate surface area is 181 Å². The Morgan fingerprint density at radius 2 is 1.71 bits per heavy atom. The average molecular weight is 412 g/mol. The van der Waals surface area contributed by atoms with E-state index >= 15 is 0 Å². The van der Waals surface area contributed by atoms with E-state index in [1.807, 2.05) is 18.2 Å². The molecule has 0 radical (unpaired) electrons. The van der Waals surface area contributed by atoms with Crippen molar-refractivity contribution in [3.05, 3.63) is 100 Å². The monoisotopic (exact) mass is 412 g/mol. The number of carbonyl (C=O) groups is 1. The lowest BCUT2D eigenvalue weighted by molar-refractivity contribution is 0.0687. The highest BCUT2D eigenvalue weighted by atomic mass is 16.5. The SMILES string of the molecule is O=C(O)c1ncccc1CN1CCC(=C2c3ccccc3COc3ccccc32)CC1. The number of likely N-dealkylation sites (tertiary alicyclic amines) is 1. The summed E-state index contributed by atoms with van der Waals surface area (Å²) in [6, 6.07) is 20.5. The predicted octanol–water partition coefficient (Wildman–Crippen LogP) is 4.77. The summed E-state index contributed by atoms with van der Waals surface area (Å²) in [6.45, 7) is 2.96. The fourth-order valence-electron chi connectivity index (χ4n) is 4.60. The predicted molar refractivity (Wildman–Crippen MR) is 119 cm³/mol. The Morgan fingerprint density at radius 1 is 0.968 bits per heavy atom. The van der Waals surface area contributed by atoms with Crippen LogP contribution in [-0.2, 0) is 13.2 Å². The summed E-state index contributed by atoms with van der Waals surface area (Å²) >= 11 is 0. The fourth-order valence-corrected chi connectivity index (χ4v) is 4.60. The van der Waals surface area contributed by atoms with Crippen LogP contribution in [0.2, 0.25) is 0 Å². The zero-order chi connectivity index (χ0) is 21.2. The van der Waals surface area contributed by atoms with Gasteiger partial charge in [-0.3, -0.25) is 4.90 Å². The van der Waals surface area contributed by atoms with Crippen molar-refractivity contribution in [2.75, 3.05) is 13.1 Å². The maximum absolute atomic E-state index is 11.5. The van der Waals surface area contributed by atoms with Crippen molar-refractivity contribution in [2.24, 2.45) is 0 Å². The molecule has 0 atom stereocenters. The van der Waals surface area contributed by atoms with Crippen molar-refractivity contribution in [1.29, 1.82) is 0 Å². The molecule has 31 heavy (non-hydrogen) atoms. The number of nitrogens with zero attached hydrogens (tertiary/aromatic N) is 2. The lowest BCUT2D eigenvalue weighted by atomic mass is 9.86. The van der Waals surface area contributed by atoms with Crippen LogP contribution in [0.25, 0.3) is 5.57 Å². The highest BCUT2D eigenvalue weighted by molar-refractivity contribution is 5.87. The van der Waals surface area contributed by atoms with Gasteiger partial charge in [0.2, 0.25) is 0 Å². The van der Waals surface area contributed by atoms with Gasteiger partial charge in [0.05, 0.1) is 0 Å². The first-order valence-corrected chi connectivity index (χ1v) is 10.6. The molecule has 5 nitrogen and oxygen atoms in total. The van der Waals surface area contributed by atoms with Crippen molar-refractivity contribution < 1.29 is 14.6 Å². The van der Waals surface area contributed by atoms with Crippen LogP contribution in [0.15, 0.2) is 72.4 Å². The molecule has 1 N–H and O–H groups in total. The minimum absolute atomic E-state index is 0.149. The van der Waals surface area contributed by atoms with E-state index in [-0.39, 0.29) is 5.69 Å². The van der Waals surface area contributed by atoms with E-state index in [4.69, 9.17) is 4.74 Å². The van der Waals surface area contributed by atoms with Gasteiger partial charge in [0.15, 0.2) is 5.69 Å². The van der Waals surface area contributed by atoms with Crippen LogP contribution >= 0.6 is 0 Å². The standard InChI is InChI=1S/C26H24N2O3/c29-26(30)25-19(7-5-13-27-25)16-28-14-11-18(12-15-28)24-21-8-2-1-6-20(21)17-31-23-10-4-3-9-22(23)24/h1-10,13H,11-12,14-17H2,(H,29,30). The van der Waals surface area contributed by atoms with Gasteiger partial charge in [-0.2, -0.15) is 0 Å². The fraction of sp³-hybridized carbons (Fsp3) is 0.231. The summed E-state index contributed by atoms with van der Waals surface area (Å²) < 4.78 is 6.12. The summed E-state index contributed by atoms with van der Waals surface area (Å²) in [6.07, 6.45) is 3.43. The molecule has 0 amide bonds. The molecule has 5 rings (SSSR count). The summed E-state index contributed by atoms with van der Waals surface area (Å²) in [5.41, 5.74) is 7.29. The minimum atomic E-state index is -0.970. The van der Waals surface area contributed by atoms with Gasteiger partial charge in [-0.05, 0) is 47.2 Å². The van der Waals surface area contributed by atoms with Crippen LogP contribution in [-0.4, -0.2) is 34.0 Å². The Morgan fingerprint density at radius 3 is 2.52 bits per heavy atom. The van der Waals surface area contributed by atoms with Crippen LogP contribution in [0.1, 0.15) is 45.6 Å². The second-order valence-corrected chi connectivity index (χ2v) is 8.01. The van der Waals surface area contributed by atoms with Crippen molar-refractivity contribution in [3.63, 3.8) is 0 Å². The molecule has 0 spiro atoms. The molecule has 0 aliphatic carbocycles. The molecule has 2 aromatic carbocycles.